The van der Waals surface area contributed by atoms with Crippen LogP contribution in [0.1, 0.15) is 28.3 Å². The van der Waals surface area contributed by atoms with E-state index in [0.29, 0.717) is 0 Å². The highest BCUT2D eigenvalue weighted by molar-refractivity contribution is 5.86. The number of hydrogen-bond donors (Lipinski definition) is 2. The van der Waals surface area contributed by atoms with E-state index in [4.69, 9.17) is 5.84 Å². The van der Waals surface area contributed by atoms with Gasteiger partial charge >= 0.3 is 0 Å². The van der Waals surface area contributed by atoms with Crippen LogP contribution in [-0.2, 0) is 0 Å². The third kappa shape index (κ3) is 2.44. The Labute approximate surface area is 125 Å². The van der Waals surface area contributed by atoms with Crippen molar-refractivity contribution in [2.45, 2.75) is 19.9 Å². The lowest BCUT2D eigenvalue weighted by Crippen LogP contribution is -2.29. The lowest BCUT2D eigenvalue weighted by atomic mass is 9.90. The SMILES string of the molecule is Cc1cccc(C(NN)c2cccc3ccccc23)c1C. The lowest BCUT2D eigenvalue weighted by molar-refractivity contribution is 0.637. The maximum absolute atomic E-state index is 5.90. The summed E-state index contributed by atoms with van der Waals surface area (Å²) < 4.78 is 0. The number of fused-ring (bicyclic) bond motifs is 1. The van der Waals surface area contributed by atoms with Gasteiger partial charge in [0, 0.05) is 0 Å². The Morgan fingerprint density at radius 1 is 0.810 bits per heavy atom. The molecule has 0 fully saturated rings. The molecule has 0 aliphatic carbocycles. The van der Waals surface area contributed by atoms with Crippen LogP contribution in [0.25, 0.3) is 10.8 Å². The summed E-state index contributed by atoms with van der Waals surface area (Å²) >= 11 is 0. The Bertz CT molecular complexity index is 772. The highest BCUT2D eigenvalue weighted by Gasteiger charge is 2.17. The molecule has 2 heteroatoms. The molecule has 0 aliphatic heterocycles. The van der Waals surface area contributed by atoms with E-state index in [1.807, 2.05) is 0 Å². The number of benzene rings is 3. The number of rotatable bonds is 3. The van der Waals surface area contributed by atoms with Crippen molar-refractivity contribution in [3.63, 3.8) is 0 Å². The second kappa shape index (κ2) is 5.68. The first-order valence-electron chi connectivity index (χ1n) is 7.22. The summed E-state index contributed by atoms with van der Waals surface area (Å²) in [4.78, 5) is 0. The van der Waals surface area contributed by atoms with Crippen molar-refractivity contribution in [3.8, 4) is 0 Å². The molecule has 1 atom stereocenters. The average molecular weight is 276 g/mol. The maximum atomic E-state index is 5.90. The minimum Gasteiger partial charge on any atom is -0.271 e. The van der Waals surface area contributed by atoms with Crippen molar-refractivity contribution in [3.05, 3.63) is 82.9 Å². The van der Waals surface area contributed by atoms with Crippen molar-refractivity contribution >= 4 is 10.8 Å². The van der Waals surface area contributed by atoms with Crippen LogP contribution in [0.5, 0.6) is 0 Å². The largest absolute Gasteiger partial charge is 0.271 e. The predicted octanol–water partition coefficient (Wildman–Crippen LogP) is 4.01. The normalized spacial score (nSPS) is 12.5. The van der Waals surface area contributed by atoms with Gasteiger partial charge in [-0.2, -0.15) is 0 Å². The molecule has 0 bridgehead atoms. The zero-order chi connectivity index (χ0) is 14.8. The topological polar surface area (TPSA) is 38.0 Å². The maximum Gasteiger partial charge on any atom is 0.0718 e. The van der Waals surface area contributed by atoms with E-state index in [2.05, 4.69) is 79.9 Å². The van der Waals surface area contributed by atoms with Crippen LogP contribution >= 0.6 is 0 Å². The summed E-state index contributed by atoms with van der Waals surface area (Å²) in [6.45, 7) is 4.29. The third-order valence-corrected chi connectivity index (χ3v) is 4.26. The van der Waals surface area contributed by atoms with Crippen molar-refractivity contribution in [2.24, 2.45) is 5.84 Å². The van der Waals surface area contributed by atoms with Crippen LogP contribution in [-0.4, -0.2) is 0 Å². The van der Waals surface area contributed by atoms with E-state index in [-0.39, 0.29) is 6.04 Å². The van der Waals surface area contributed by atoms with Gasteiger partial charge in [-0.25, -0.2) is 5.43 Å². The molecule has 0 amide bonds. The van der Waals surface area contributed by atoms with Crippen molar-refractivity contribution < 1.29 is 0 Å². The summed E-state index contributed by atoms with van der Waals surface area (Å²) in [5.41, 5.74) is 8.01. The minimum atomic E-state index is -0.00370. The van der Waals surface area contributed by atoms with Crippen LogP contribution < -0.4 is 11.3 Å². The summed E-state index contributed by atoms with van der Waals surface area (Å²) in [5.74, 6) is 5.90. The quantitative estimate of drug-likeness (QED) is 0.560. The number of hydrogen-bond acceptors (Lipinski definition) is 2. The van der Waals surface area contributed by atoms with Crippen LogP contribution in [0.3, 0.4) is 0 Å². The van der Waals surface area contributed by atoms with Gasteiger partial charge in [-0.3, -0.25) is 5.84 Å². The molecule has 3 N–H and O–H groups in total. The molecule has 106 valence electrons. The average Bonchev–Trinajstić information content (AvgIpc) is 2.52. The molecule has 0 heterocycles. The third-order valence-electron chi connectivity index (χ3n) is 4.26. The molecule has 0 aliphatic rings. The van der Waals surface area contributed by atoms with Crippen LogP contribution in [0.4, 0.5) is 0 Å². The molecule has 0 spiro atoms. The Hall–Kier alpha value is -2.16. The molecule has 0 radical (unpaired) electrons. The van der Waals surface area contributed by atoms with E-state index in [9.17, 15) is 0 Å². The molecule has 3 aromatic carbocycles. The summed E-state index contributed by atoms with van der Waals surface area (Å²) in [7, 11) is 0. The number of nitrogens with two attached hydrogens (primary N) is 1. The first kappa shape index (κ1) is 13.8. The van der Waals surface area contributed by atoms with E-state index >= 15 is 0 Å². The van der Waals surface area contributed by atoms with Gasteiger partial charge in [0.15, 0.2) is 0 Å². The molecule has 1 unspecified atom stereocenters. The second-order valence-electron chi connectivity index (χ2n) is 5.46. The van der Waals surface area contributed by atoms with E-state index < -0.39 is 0 Å². The Morgan fingerprint density at radius 3 is 2.29 bits per heavy atom. The minimum absolute atomic E-state index is 0.00370. The van der Waals surface area contributed by atoms with E-state index in [0.717, 1.165) is 0 Å². The fourth-order valence-electron chi connectivity index (χ4n) is 2.94. The van der Waals surface area contributed by atoms with Gasteiger partial charge in [0.25, 0.3) is 0 Å². The highest BCUT2D eigenvalue weighted by atomic mass is 15.2. The van der Waals surface area contributed by atoms with Crippen molar-refractivity contribution in [2.75, 3.05) is 0 Å². The first-order chi connectivity index (χ1) is 10.2. The van der Waals surface area contributed by atoms with Gasteiger partial charge in [-0.05, 0) is 46.9 Å². The zero-order valence-corrected chi connectivity index (χ0v) is 12.4. The zero-order valence-electron chi connectivity index (χ0n) is 12.4. The molecule has 0 aromatic heterocycles. The van der Waals surface area contributed by atoms with Gasteiger partial charge in [0.1, 0.15) is 0 Å². The fourth-order valence-corrected chi connectivity index (χ4v) is 2.94. The van der Waals surface area contributed by atoms with Gasteiger partial charge in [0.2, 0.25) is 0 Å². The van der Waals surface area contributed by atoms with Gasteiger partial charge < -0.3 is 0 Å². The van der Waals surface area contributed by atoms with Crippen LogP contribution in [0, 0.1) is 13.8 Å². The number of hydrazine groups is 1. The Kier molecular flexibility index (Phi) is 3.74. The molecule has 0 saturated heterocycles. The summed E-state index contributed by atoms with van der Waals surface area (Å²) in [5, 5.41) is 2.48. The van der Waals surface area contributed by atoms with Crippen molar-refractivity contribution in [1.82, 2.24) is 5.43 Å². The molecule has 3 rings (SSSR count). The molecule has 3 aromatic rings. The Balaban J connectivity index is 2.21. The second-order valence-corrected chi connectivity index (χ2v) is 5.46. The smallest absolute Gasteiger partial charge is 0.0718 e. The first-order valence-corrected chi connectivity index (χ1v) is 7.22. The lowest BCUT2D eigenvalue weighted by Gasteiger charge is -2.21. The monoisotopic (exact) mass is 276 g/mol. The molecular formula is C19H20N2. The molecular weight excluding hydrogens is 256 g/mol. The standard InChI is InChI=1S/C19H20N2/c1-13-7-5-11-16(14(13)2)19(21-20)18-12-6-9-15-8-3-4-10-17(15)18/h3-12,19,21H,20H2,1-2H3. The van der Waals surface area contributed by atoms with E-state index in [1.165, 1.54) is 33.0 Å². The van der Waals surface area contributed by atoms with Gasteiger partial charge in [-0.15, -0.1) is 0 Å². The highest BCUT2D eigenvalue weighted by Crippen LogP contribution is 2.30. The van der Waals surface area contributed by atoms with Crippen LogP contribution in [0.2, 0.25) is 0 Å². The molecule has 21 heavy (non-hydrogen) atoms. The number of nitrogens with one attached hydrogen (secondary N) is 1. The van der Waals surface area contributed by atoms with E-state index in [1.54, 1.807) is 0 Å². The predicted molar refractivity (Wildman–Crippen MR) is 89.0 cm³/mol. The molecule has 0 saturated carbocycles. The van der Waals surface area contributed by atoms with Crippen LogP contribution in [0.15, 0.2) is 60.7 Å². The molecule has 2 nitrogen and oxygen atoms in total. The van der Waals surface area contributed by atoms with Crippen molar-refractivity contribution in [1.29, 1.82) is 0 Å². The number of aryl methyl sites for hydroxylation is 1. The fraction of sp³-hybridized carbons (Fsp3) is 0.158. The summed E-state index contributed by atoms with van der Waals surface area (Å²) in [6, 6.07) is 21.2. The Morgan fingerprint density at radius 2 is 1.48 bits per heavy atom. The summed E-state index contributed by atoms with van der Waals surface area (Å²) in [6.07, 6.45) is 0. The van der Waals surface area contributed by atoms with Gasteiger partial charge in [0.05, 0.1) is 6.04 Å². The van der Waals surface area contributed by atoms with Gasteiger partial charge in [-0.1, -0.05) is 60.7 Å².